The first kappa shape index (κ1) is 29.5. The molecule has 0 saturated heterocycles. The Morgan fingerprint density at radius 3 is 1.76 bits per heavy atom. The van der Waals surface area contributed by atoms with E-state index in [1.807, 2.05) is 18.2 Å². The van der Waals surface area contributed by atoms with Crippen LogP contribution in [-0.4, -0.2) is 15.0 Å². The molecule has 1 aromatic heterocycles. The van der Waals surface area contributed by atoms with E-state index in [2.05, 4.69) is 159 Å². The standard InChI is InChI=1S/C48H33N3/c1-48(2)42-23-12-11-20-38(42)43-40(30-14-5-3-6-15-30)29-41-36(44(43)48)21-13-22-37(41)47-50-45(33-17-7-4-8-18-33)49-46(51-47)34-27-26-32-25-24-31-16-9-10-19-35(31)39(32)28-34/h3-29H,1-2H3. The highest BCUT2D eigenvalue weighted by molar-refractivity contribution is 6.10. The molecule has 3 nitrogen and oxygen atoms in total. The summed E-state index contributed by atoms with van der Waals surface area (Å²) in [6, 6.07) is 58.3. The molecule has 0 spiro atoms. The lowest BCUT2D eigenvalue weighted by molar-refractivity contribution is 0.666. The number of fused-ring (bicyclic) bond motifs is 8. The van der Waals surface area contributed by atoms with E-state index in [-0.39, 0.29) is 5.41 Å². The van der Waals surface area contributed by atoms with E-state index in [9.17, 15) is 0 Å². The van der Waals surface area contributed by atoms with E-state index in [4.69, 9.17) is 15.0 Å². The van der Waals surface area contributed by atoms with Gasteiger partial charge in [-0.05, 0) is 77.8 Å². The SMILES string of the molecule is CC1(C)c2ccccc2-c2c(-c3ccccc3)cc3c(-c4nc(-c5ccccc5)nc(-c5ccc6ccc7ccccc7c6c5)n4)cccc3c21. The minimum Gasteiger partial charge on any atom is -0.208 e. The van der Waals surface area contributed by atoms with Crippen molar-refractivity contribution in [1.82, 2.24) is 15.0 Å². The van der Waals surface area contributed by atoms with Crippen LogP contribution in [0.4, 0.5) is 0 Å². The molecule has 1 heterocycles. The summed E-state index contributed by atoms with van der Waals surface area (Å²) in [5.74, 6) is 1.97. The molecule has 0 unspecified atom stereocenters. The van der Waals surface area contributed by atoms with Crippen molar-refractivity contribution in [3.05, 3.63) is 175 Å². The molecule has 0 atom stereocenters. The zero-order valence-corrected chi connectivity index (χ0v) is 28.4. The van der Waals surface area contributed by atoms with Crippen molar-refractivity contribution in [2.75, 3.05) is 0 Å². The number of nitrogens with zero attached hydrogens (tertiary/aromatic N) is 3. The van der Waals surface area contributed by atoms with E-state index in [1.54, 1.807) is 0 Å². The molecule has 3 heteroatoms. The van der Waals surface area contributed by atoms with Crippen LogP contribution in [0, 0.1) is 0 Å². The summed E-state index contributed by atoms with van der Waals surface area (Å²) < 4.78 is 0. The van der Waals surface area contributed by atoms with Crippen LogP contribution >= 0.6 is 0 Å². The second-order valence-corrected chi connectivity index (χ2v) is 14.0. The average Bonchev–Trinajstić information content (AvgIpc) is 3.44. The molecular weight excluding hydrogens is 619 g/mol. The quantitative estimate of drug-likeness (QED) is 0.178. The van der Waals surface area contributed by atoms with Gasteiger partial charge in [0.25, 0.3) is 0 Å². The van der Waals surface area contributed by atoms with Gasteiger partial charge < -0.3 is 0 Å². The van der Waals surface area contributed by atoms with Crippen molar-refractivity contribution < 1.29 is 0 Å². The van der Waals surface area contributed by atoms with Crippen molar-refractivity contribution in [1.29, 1.82) is 0 Å². The number of benzene rings is 8. The van der Waals surface area contributed by atoms with E-state index in [1.165, 1.54) is 60.3 Å². The van der Waals surface area contributed by atoms with Gasteiger partial charge in [0, 0.05) is 22.1 Å². The van der Waals surface area contributed by atoms with E-state index < -0.39 is 0 Å². The molecule has 1 aliphatic carbocycles. The number of hydrogen-bond donors (Lipinski definition) is 0. The van der Waals surface area contributed by atoms with Crippen molar-refractivity contribution >= 4 is 32.3 Å². The molecule has 1 aliphatic rings. The average molecular weight is 652 g/mol. The normalized spacial score (nSPS) is 13.1. The Kier molecular flexibility index (Phi) is 6.53. The molecule has 0 fully saturated rings. The Balaban J connectivity index is 1.26. The highest BCUT2D eigenvalue weighted by Crippen LogP contribution is 2.55. The highest BCUT2D eigenvalue weighted by Gasteiger charge is 2.38. The lowest BCUT2D eigenvalue weighted by Crippen LogP contribution is -2.15. The van der Waals surface area contributed by atoms with Gasteiger partial charge in [-0.3, -0.25) is 0 Å². The first-order chi connectivity index (χ1) is 25.0. The minimum atomic E-state index is -0.194. The topological polar surface area (TPSA) is 38.7 Å². The third-order valence-electron chi connectivity index (χ3n) is 10.7. The molecule has 51 heavy (non-hydrogen) atoms. The monoisotopic (exact) mass is 651 g/mol. The van der Waals surface area contributed by atoms with Crippen LogP contribution < -0.4 is 0 Å². The van der Waals surface area contributed by atoms with E-state index in [0.717, 1.165) is 22.1 Å². The smallest absolute Gasteiger partial charge is 0.164 e. The molecule has 0 bridgehead atoms. The second-order valence-electron chi connectivity index (χ2n) is 14.0. The zero-order valence-electron chi connectivity index (χ0n) is 28.4. The summed E-state index contributed by atoms with van der Waals surface area (Å²) in [6.07, 6.45) is 0. The fraction of sp³-hybridized carbons (Fsp3) is 0.0625. The molecule has 0 radical (unpaired) electrons. The Bertz CT molecular complexity index is 2820. The molecule has 0 aliphatic heterocycles. The predicted octanol–water partition coefficient (Wildman–Crippen LogP) is 12.3. The van der Waals surface area contributed by atoms with Gasteiger partial charge in [-0.25, -0.2) is 15.0 Å². The Labute approximate surface area is 297 Å². The van der Waals surface area contributed by atoms with Crippen LogP contribution in [0.1, 0.15) is 25.0 Å². The van der Waals surface area contributed by atoms with Gasteiger partial charge in [-0.2, -0.15) is 0 Å². The maximum Gasteiger partial charge on any atom is 0.164 e. The highest BCUT2D eigenvalue weighted by atomic mass is 15.0. The molecular formula is C48H33N3. The molecule has 0 N–H and O–H groups in total. The predicted molar refractivity (Wildman–Crippen MR) is 212 cm³/mol. The maximum absolute atomic E-state index is 5.29. The summed E-state index contributed by atoms with van der Waals surface area (Å²) >= 11 is 0. The second kappa shape index (κ2) is 11.3. The first-order valence-corrected chi connectivity index (χ1v) is 17.5. The zero-order chi connectivity index (χ0) is 34.1. The lowest BCUT2D eigenvalue weighted by Gasteiger charge is -2.24. The first-order valence-electron chi connectivity index (χ1n) is 17.5. The van der Waals surface area contributed by atoms with Gasteiger partial charge >= 0.3 is 0 Å². The van der Waals surface area contributed by atoms with Crippen LogP contribution in [0.2, 0.25) is 0 Å². The molecule has 0 amide bonds. The van der Waals surface area contributed by atoms with E-state index in [0.29, 0.717) is 17.5 Å². The van der Waals surface area contributed by atoms with Crippen LogP contribution in [0.3, 0.4) is 0 Å². The Hall–Kier alpha value is -6.45. The van der Waals surface area contributed by atoms with Gasteiger partial charge in [0.05, 0.1) is 0 Å². The largest absolute Gasteiger partial charge is 0.208 e. The van der Waals surface area contributed by atoms with Crippen molar-refractivity contribution in [3.8, 4) is 56.4 Å². The summed E-state index contributed by atoms with van der Waals surface area (Å²) in [4.78, 5) is 15.6. The molecule has 240 valence electrons. The molecule has 10 rings (SSSR count). The lowest BCUT2D eigenvalue weighted by atomic mass is 9.78. The fourth-order valence-electron chi connectivity index (χ4n) is 8.26. The van der Waals surface area contributed by atoms with Crippen molar-refractivity contribution in [2.45, 2.75) is 19.3 Å². The van der Waals surface area contributed by atoms with Crippen LogP contribution in [0.15, 0.2) is 164 Å². The van der Waals surface area contributed by atoms with Crippen molar-refractivity contribution in [3.63, 3.8) is 0 Å². The van der Waals surface area contributed by atoms with Crippen molar-refractivity contribution in [2.24, 2.45) is 0 Å². The van der Waals surface area contributed by atoms with E-state index >= 15 is 0 Å². The number of rotatable bonds is 4. The van der Waals surface area contributed by atoms with Gasteiger partial charge in [0.2, 0.25) is 0 Å². The van der Waals surface area contributed by atoms with Crippen LogP contribution in [0.25, 0.3) is 88.7 Å². The van der Waals surface area contributed by atoms with Gasteiger partial charge in [0.1, 0.15) is 0 Å². The summed E-state index contributed by atoms with van der Waals surface area (Å²) in [5, 5.41) is 7.17. The number of aromatic nitrogens is 3. The molecule has 9 aromatic rings. The number of hydrogen-bond acceptors (Lipinski definition) is 3. The summed E-state index contributed by atoms with van der Waals surface area (Å²) in [5.41, 5.74) is 10.5. The maximum atomic E-state index is 5.29. The Morgan fingerprint density at radius 1 is 0.373 bits per heavy atom. The Morgan fingerprint density at radius 2 is 0.961 bits per heavy atom. The van der Waals surface area contributed by atoms with Gasteiger partial charge in [-0.1, -0.05) is 166 Å². The third kappa shape index (κ3) is 4.62. The van der Waals surface area contributed by atoms with Crippen LogP contribution in [0.5, 0.6) is 0 Å². The third-order valence-corrected chi connectivity index (χ3v) is 10.7. The van der Waals surface area contributed by atoms with Gasteiger partial charge in [-0.15, -0.1) is 0 Å². The van der Waals surface area contributed by atoms with Gasteiger partial charge in [0.15, 0.2) is 17.5 Å². The molecule has 0 saturated carbocycles. The summed E-state index contributed by atoms with van der Waals surface area (Å²) in [6.45, 7) is 4.72. The summed E-state index contributed by atoms with van der Waals surface area (Å²) in [7, 11) is 0. The minimum absolute atomic E-state index is 0.194. The fourth-order valence-corrected chi connectivity index (χ4v) is 8.26. The van der Waals surface area contributed by atoms with Crippen LogP contribution in [-0.2, 0) is 5.41 Å². The molecule has 8 aromatic carbocycles.